The molecule has 0 atom stereocenters. The number of nitrogens with one attached hydrogen (secondary N) is 1. The summed E-state index contributed by atoms with van der Waals surface area (Å²) in [5, 5.41) is 1.69. The van der Waals surface area contributed by atoms with Crippen LogP contribution in [0, 0.1) is 11.6 Å². The van der Waals surface area contributed by atoms with Crippen LogP contribution in [0.15, 0.2) is 59.1 Å². The van der Waals surface area contributed by atoms with Crippen molar-refractivity contribution in [1.29, 1.82) is 0 Å². The molecule has 0 aliphatic heterocycles. The summed E-state index contributed by atoms with van der Waals surface area (Å²) in [5.74, 6) is -5.07. The Morgan fingerprint density at radius 2 is 1.31 bits per heavy atom. The van der Waals surface area contributed by atoms with Crippen LogP contribution in [0.5, 0.6) is 0 Å². The Morgan fingerprint density at radius 1 is 0.786 bits per heavy atom. The van der Waals surface area contributed by atoms with Gasteiger partial charge in [-0.05, 0) is 58.4 Å². The fourth-order valence-electron chi connectivity index (χ4n) is 3.67. The van der Waals surface area contributed by atoms with E-state index in [-0.39, 0.29) is 11.8 Å². The molecule has 0 bridgehead atoms. The lowest BCUT2D eigenvalue weighted by atomic mass is 9.92. The molecule has 0 saturated heterocycles. The number of rotatable bonds is 5. The summed E-state index contributed by atoms with van der Waals surface area (Å²) >= 11 is 2.37. The minimum atomic E-state index is -6.71. The van der Waals surface area contributed by atoms with Crippen LogP contribution in [0.4, 0.5) is 64.1 Å². The summed E-state index contributed by atoms with van der Waals surface area (Å²) in [4.78, 5) is 26.1. The molecule has 1 N–H and O–H groups in total. The van der Waals surface area contributed by atoms with Gasteiger partial charge in [-0.15, -0.1) is 0 Å². The van der Waals surface area contributed by atoms with E-state index in [1.807, 2.05) is 0 Å². The van der Waals surface area contributed by atoms with Gasteiger partial charge >= 0.3 is 24.2 Å². The lowest BCUT2D eigenvalue weighted by molar-refractivity contribution is -0.348. The summed E-state index contributed by atoms with van der Waals surface area (Å²) in [5.41, 5.74) is -13.9. The third-order valence-corrected chi connectivity index (χ3v) is 6.42. The number of amides is 2. The molecular weight excluding hydrogens is 668 g/mol. The highest BCUT2D eigenvalue weighted by Gasteiger charge is 2.73. The average molecular weight is 681 g/mol. The van der Waals surface area contributed by atoms with E-state index in [0.717, 1.165) is 43.4 Å². The number of alkyl halides is 10. The molecule has 4 nitrogen and oxygen atoms in total. The Bertz CT molecular complexity index is 1500. The molecule has 0 saturated carbocycles. The molecule has 0 spiro atoms. The van der Waals surface area contributed by atoms with Gasteiger partial charge in [0.2, 0.25) is 0 Å². The molecule has 0 heterocycles. The van der Waals surface area contributed by atoms with Crippen molar-refractivity contribution in [2.45, 2.75) is 24.2 Å². The van der Waals surface area contributed by atoms with Gasteiger partial charge in [0.25, 0.3) is 11.8 Å². The molecule has 17 heteroatoms. The zero-order chi connectivity index (χ0) is 32.0. The van der Waals surface area contributed by atoms with Gasteiger partial charge in [-0.2, -0.15) is 39.5 Å². The summed E-state index contributed by atoms with van der Waals surface area (Å²) in [6.07, 6.45) is -19.1. The lowest BCUT2D eigenvalue weighted by Crippen LogP contribution is -2.50. The van der Waals surface area contributed by atoms with Crippen LogP contribution >= 0.6 is 15.9 Å². The van der Waals surface area contributed by atoms with Crippen molar-refractivity contribution in [3.8, 4) is 0 Å². The summed E-state index contributed by atoms with van der Waals surface area (Å²) in [7, 11) is 1.05. The first kappa shape index (κ1) is 32.8. The second-order valence-corrected chi connectivity index (χ2v) is 9.35. The first-order chi connectivity index (χ1) is 19.1. The van der Waals surface area contributed by atoms with Crippen molar-refractivity contribution in [2.24, 2.45) is 0 Å². The van der Waals surface area contributed by atoms with Gasteiger partial charge in [-0.25, -0.2) is 13.2 Å². The monoisotopic (exact) mass is 680 g/mol. The van der Waals surface area contributed by atoms with Gasteiger partial charge in [0.15, 0.2) is 0 Å². The number of hydrogen-bond acceptors (Lipinski definition) is 2. The molecule has 3 aromatic rings. The highest BCUT2D eigenvalue weighted by molar-refractivity contribution is 9.10. The largest absolute Gasteiger partial charge is 0.435 e. The van der Waals surface area contributed by atoms with Crippen LogP contribution in [0.1, 0.15) is 31.8 Å². The van der Waals surface area contributed by atoms with Gasteiger partial charge in [-0.3, -0.25) is 9.59 Å². The summed E-state index contributed by atoms with van der Waals surface area (Å²) in [6, 6.07) is 5.82. The maximum Gasteiger partial charge on any atom is 0.435 e. The SMILES string of the molecule is CN(C(=O)c1c(F)cccc1F)c1cccc(C(=O)Nc2c(Br)cc(C(F)(C(F)(F)F)C(F)(F)F)cc2C(F)(F)F)c1. The second-order valence-electron chi connectivity index (χ2n) is 8.50. The summed E-state index contributed by atoms with van der Waals surface area (Å²) < 4.78 is 162. The number of anilines is 2. The summed E-state index contributed by atoms with van der Waals surface area (Å²) in [6.45, 7) is 0. The minimum absolute atomic E-state index is 0.196. The lowest BCUT2D eigenvalue weighted by Gasteiger charge is -2.31. The quantitative estimate of drug-likeness (QED) is 0.275. The third-order valence-electron chi connectivity index (χ3n) is 5.79. The zero-order valence-corrected chi connectivity index (χ0v) is 22.0. The number of benzene rings is 3. The highest BCUT2D eigenvalue weighted by atomic mass is 79.9. The van der Waals surface area contributed by atoms with E-state index in [1.54, 1.807) is 5.32 Å². The van der Waals surface area contributed by atoms with Crippen molar-refractivity contribution in [3.05, 3.63) is 93.0 Å². The molecule has 3 rings (SSSR count). The smallest absolute Gasteiger partial charge is 0.320 e. The van der Waals surface area contributed by atoms with E-state index >= 15 is 0 Å². The first-order valence-electron chi connectivity index (χ1n) is 11.0. The van der Waals surface area contributed by atoms with Crippen molar-refractivity contribution in [3.63, 3.8) is 0 Å². The van der Waals surface area contributed by atoms with Crippen molar-refractivity contribution < 1.29 is 62.3 Å². The molecule has 0 aliphatic rings. The van der Waals surface area contributed by atoms with Crippen molar-refractivity contribution in [1.82, 2.24) is 0 Å². The van der Waals surface area contributed by atoms with Crippen LogP contribution in [0.3, 0.4) is 0 Å². The number of carbonyl (C=O) groups is 2. The molecule has 0 fully saturated rings. The van der Waals surface area contributed by atoms with Gasteiger partial charge < -0.3 is 10.2 Å². The molecule has 0 unspecified atom stereocenters. The molecule has 42 heavy (non-hydrogen) atoms. The first-order valence-corrected chi connectivity index (χ1v) is 11.8. The standard InChI is InChI=1S/C25H13BrF12N2O2/c1-40(21(42)18-16(27)6-3-7-17(18)28)13-5-2-4-11(8-13)20(41)39-19-14(23(30,31)32)9-12(10-15(19)26)22(29,24(33,34)35)25(36,37)38/h2-10H,1H3,(H,39,41). The van der Waals surface area contributed by atoms with Crippen LogP contribution < -0.4 is 10.2 Å². The molecule has 3 aromatic carbocycles. The Hall–Kier alpha value is -3.76. The predicted molar refractivity (Wildman–Crippen MR) is 128 cm³/mol. The van der Waals surface area contributed by atoms with E-state index in [9.17, 15) is 62.3 Å². The maximum absolute atomic E-state index is 14.5. The van der Waals surface area contributed by atoms with Gasteiger partial charge in [0, 0.05) is 28.3 Å². The fraction of sp³-hybridized carbons (Fsp3) is 0.200. The van der Waals surface area contributed by atoms with Crippen LogP contribution in [-0.2, 0) is 11.8 Å². The van der Waals surface area contributed by atoms with E-state index in [2.05, 4.69) is 15.9 Å². The van der Waals surface area contributed by atoms with Gasteiger partial charge in [0.05, 0.1) is 11.3 Å². The minimum Gasteiger partial charge on any atom is -0.320 e. The molecule has 0 aromatic heterocycles. The second kappa shape index (κ2) is 11.1. The molecule has 0 aliphatic carbocycles. The van der Waals surface area contributed by atoms with Crippen LogP contribution in [-0.4, -0.2) is 31.2 Å². The number of halogens is 13. The normalized spacial score (nSPS) is 12.7. The number of carbonyl (C=O) groups excluding carboxylic acids is 2. The number of nitrogens with zero attached hydrogens (tertiary/aromatic N) is 1. The van der Waals surface area contributed by atoms with E-state index in [4.69, 9.17) is 0 Å². The van der Waals surface area contributed by atoms with Crippen LogP contribution in [0.25, 0.3) is 0 Å². The Kier molecular flexibility index (Phi) is 8.69. The third kappa shape index (κ3) is 6.05. The molecular formula is C25H13BrF12N2O2. The average Bonchev–Trinajstić information content (AvgIpc) is 2.86. The topological polar surface area (TPSA) is 49.4 Å². The molecule has 226 valence electrons. The van der Waals surface area contributed by atoms with Gasteiger partial charge in [0.1, 0.15) is 17.2 Å². The van der Waals surface area contributed by atoms with Gasteiger partial charge in [-0.1, -0.05) is 12.1 Å². The Balaban J connectivity index is 2.04. The molecule has 2 amide bonds. The zero-order valence-electron chi connectivity index (χ0n) is 20.4. The maximum atomic E-state index is 14.5. The van der Waals surface area contributed by atoms with Crippen LogP contribution in [0.2, 0.25) is 0 Å². The highest BCUT2D eigenvalue weighted by Crippen LogP contribution is 2.55. The van der Waals surface area contributed by atoms with E-state index < -0.39 is 86.1 Å². The van der Waals surface area contributed by atoms with Crippen molar-refractivity contribution >= 4 is 39.1 Å². The number of hydrogen-bond donors (Lipinski definition) is 1. The predicted octanol–water partition coefficient (Wildman–Crippen LogP) is 8.56. The molecule has 0 radical (unpaired) electrons. The fourth-order valence-corrected chi connectivity index (χ4v) is 4.23. The Labute approximate surface area is 236 Å². The van der Waals surface area contributed by atoms with Crippen molar-refractivity contribution in [2.75, 3.05) is 17.3 Å². The van der Waals surface area contributed by atoms with E-state index in [1.165, 1.54) is 6.07 Å². The Morgan fingerprint density at radius 3 is 1.81 bits per heavy atom. The van der Waals surface area contributed by atoms with E-state index in [0.29, 0.717) is 4.90 Å².